The number of aromatic nitrogens is 1. The maximum absolute atomic E-state index is 5.82. The standard InChI is InChI=1S/C14H19N3S/c1-14(2)6-3-7-17(9-14)13-16-11-5-4-10(15)8-12(11)18-13/h4-5,8H,3,6-7,9,15H2,1-2H3. The van der Waals surface area contributed by atoms with Crippen molar-refractivity contribution in [2.24, 2.45) is 5.41 Å². The van der Waals surface area contributed by atoms with Crippen molar-refractivity contribution in [1.82, 2.24) is 4.98 Å². The molecule has 0 aliphatic carbocycles. The molecule has 2 heterocycles. The summed E-state index contributed by atoms with van der Waals surface area (Å²) < 4.78 is 1.19. The number of nitrogens with zero attached hydrogens (tertiary/aromatic N) is 2. The zero-order chi connectivity index (χ0) is 12.8. The lowest BCUT2D eigenvalue weighted by molar-refractivity contribution is 0.293. The molecule has 0 amide bonds. The van der Waals surface area contributed by atoms with Gasteiger partial charge in [-0.05, 0) is 36.5 Å². The van der Waals surface area contributed by atoms with Crippen LogP contribution < -0.4 is 10.6 Å². The summed E-state index contributed by atoms with van der Waals surface area (Å²) in [7, 11) is 0. The van der Waals surface area contributed by atoms with Gasteiger partial charge in [-0.1, -0.05) is 25.2 Å². The van der Waals surface area contributed by atoms with Crippen molar-refractivity contribution >= 4 is 32.4 Å². The summed E-state index contributed by atoms with van der Waals surface area (Å²) in [4.78, 5) is 7.15. The van der Waals surface area contributed by atoms with Gasteiger partial charge in [0.25, 0.3) is 0 Å². The molecule has 96 valence electrons. The van der Waals surface area contributed by atoms with Crippen LogP contribution in [0.1, 0.15) is 26.7 Å². The summed E-state index contributed by atoms with van der Waals surface area (Å²) in [5, 5.41) is 1.14. The highest BCUT2D eigenvalue weighted by atomic mass is 32.1. The number of piperidine rings is 1. The molecule has 0 saturated carbocycles. The van der Waals surface area contributed by atoms with Gasteiger partial charge < -0.3 is 10.6 Å². The summed E-state index contributed by atoms with van der Waals surface area (Å²) in [6.45, 7) is 6.90. The van der Waals surface area contributed by atoms with E-state index >= 15 is 0 Å². The van der Waals surface area contributed by atoms with Crippen molar-refractivity contribution in [1.29, 1.82) is 0 Å². The zero-order valence-electron chi connectivity index (χ0n) is 10.9. The fourth-order valence-corrected chi connectivity index (χ4v) is 3.69. The van der Waals surface area contributed by atoms with Gasteiger partial charge in [-0.3, -0.25) is 0 Å². The molecule has 0 spiro atoms. The van der Waals surface area contributed by atoms with E-state index in [9.17, 15) is 0 Å². The zero-order valence-corrected chi connectivity index (χ0v) is 11.8. The Morgan fingerprint density at radius 1 is 1.39 bits per heavy atom. The van der Waals surface area contributed by atoms with Crippen LogP contribution in [-0.2, 0) is 0 Å². The smallest absolute Gasteiger partial charge is 0.186 e. The van der Waals surface area contributed by atoms with E-state index in [-0.39, 0.29) is 0 Å². The van der Waals surface area contributed by atoms with E-state index in [1.54, 1.807) is 11.3 Å². The van der Waals surface area contributed by atoms with Crippen molar-refractivity contribution in [2.75, 3.05) is 23.7 Å². The third-order valence-corrected chi connectivity index (χ3v) is 4.65. The SMILES string of the molecule is CC1(C)CCCN(c2nc3ccc(N)cc3s2)C1. The average Bonchev–Trinajstić information content (AvgIpc) is 2.70. The van der Waals surface area contributed by atoms with Gasteiger partial charge in [0.1, 0.15) is 0 Å². The summed E-state index contributed by atoms with van der Waals surface area (Å²) in [6, 6.07) is 5.96. The Hall–Kier alpha value is -1.29. The molecule has 0 radical (unpaired) electrons. The minimum Gasteiger partial charge on any atom is -0.399 e. The summed E-state index contributed by atoms with van der Waals surface area (Å²) in [5.74, 6) is 0. The molecular formula is C14H19N3S. The first-order valence-electron chi connectivity index (χ1n) is 6.45. The normalized spacial score (nSPS) is 19.3. The van der Waals surface area contributed by atoms with Gasteiger partial charge in [0.15, 0.2) is 5.13 Å². The molecule has 0 bridgehead atoms. The number of thiazole rings is 1. The number of rotatable bonds is 1. The minimum atomic E-state index is 0.398. The van der Waals surface area contributed by atoms with Gasteiger partial charge in [0.05, 0.1) is 10.2 Å². The van der Waals surface area contributed by atoms with Gasteiger partial charge in [0, 0.05) is 18.8 Å². The maximum Gasteiger partial charge on any atom is 0.186 e. The molecule has 3 nitrogen and oxygen atoms in total. The predicted molar refractivity (Wildman–Crippen MR) is 79.3 cm³/mol. The van der Waals surface area contributed by atoms with Crippen LogP contribution in [-0.4, -0.2) is 18.1 Å². The third-order valence-electron chi connectivity index (χ3n) is 3.57. The highest BCUT2D eigenvalue weighted by Crippen LogP contribution is 2.35. The van der Waals surface area contributed by atoms with Crippen LogP contribution in [0.3, 0.4) is 0 Å². The van der Waals surface area contributed by atoms with Crippen molar-refractivity contribution < 1.29 is 0 Å². The van der Waals surface area contributed by atoms with Crippen molar-refractivity contribution in [2.45, 2.75) is 26.7 Å². The molecule has 1 aliphatic rings. The van der Waals surface area contributed by atoms with Crippen LogP contribution in [0.5, 0.6) is 0 Å². The lowest BCUT2D eigenvalue weighted by atomic mass is 9.84. The minimum absolute atomic E-state index is 0.398. The number of nitrogen functional groups attached to an aromatic ring is 1. The Morgan fingerprint density at radius 2 is 2.22 bits per heavy atom. The van der Waals surface area contributed by atoms with E-state index in [2.05, 4.69) is 18.7 Å². The molecule has 1 aromatic carbocycles. The van der Waals surface area contributed by atoms with E-state index in [4.69, 9.17) is 10.7 Å². The summed E-state index contributed by atoms with van der Waals surface area (Å²) in [5.41, 5.74) is 8.10. The molecule has 2 N–H and O–H groups in total. The lowest BCUT2D eigenvalue weighted by Gasteiger charge is -2.37. The van der Waals surface area contributed by atoms with Gasteiger partial charge in [-0.2, -0.15) is 0 Å². The van der Waals surface area contributed by atoms with Crippen molar-refractivity contribution in [3.05, 3.63) is 18.2 Å². The topological polar surface area (TPSA) is 42.2 Å². The Kier molecular flexibility index (Phi) is 2.70. The predicted octanol–water partition coefficient (Wildman–Crippen LogP) is 3.50. The molecule has 3 rings (SSSR count). The second-order valence-electron chi connectivity index (χ2n) is 5.91. The molecule has 1 saturated heterocycles. The third kappa shape index (κ3) is 2.17. The molecular weight excluding hydrogens is 242 g/mol. The molecule has 2 aromatic rings. The van der Waals surface area contributed by atoms with E-state index in [1.807, 2.05) is 18.2 Å². The Bertz CT molecular complexity index is 573. The molecule has 18 heavy (non-hydrogen) atoms. The van der Waals surface area contributed by atoms with Crippen molar-refractivity contribution in [3.63, 3.8) is 0 Å². The van der Waals surface area contributed by atoms with Gasteiger partial charge in [-0.15, -0.1) is 0 Å². The Balaban J connectivity index is 1.94. The Labute approximate surface area is 112 Å². The fourth-order valence-electron chi connectivity index (χ4n) is 2.65. The quantitative estimate of drug-likeness (QED) is 0.799. The van der Waals surface area contributed by atoms with Crippen LogP contribution >= 0.6 is 11.3 Å². The van der Waals surface area contributed by atoms with Crippen LogP contribution in [0, 0.1) is 5.41 Å². The highest BCUT2D eigenvalue weighted by molar-refractivity contribution is 7.22. The number of benzene rings is 1. The molecule has 1 fully saturated rings. The number of hydrogen-bond donors (Lipinski definition) is 1. The summed E-state index contributed by atoms with van der Waals surface area (Å²) in [6.07, 6.45) is 2.56. The van der Waals surface area contributed by atoms with Crippen LogP contribution in [0.25, 0.3) is 10.2 Å². The van der Waals surface area contributed by atoms with Crippen LogP contribution in [0.2, 0.25) is 0 Å². The van der Waals surface area contributed by atoms with E-state index < -0.39 is 0 Å². The van der Waals surface area contributed by atoms with E-state index in [1.165, 1.54) is 17.5 Å². The first kappa shape index (κ1) is 11.8. The molecule has 4 heteroatoms. The number of anilines is 2. The Morgan fingerprint density at radius 3 is 3.00 bits per heavy atom. The largest absolute Gasteiger partial charge is 0.399 e. The van der Waals surface area contributed by atoms with Gasteiger partial charge in [0.2, 0.25) is 0 Å². The monoisotopic (exact) mass is 261 g/mol. The number of hydrogen-bond acceptors (Lipinski definition) is 4. The first-order valence-corrected chi connectivity index (χ1v) is 7.26. The second kappa shape index (κ2) is 4.12. The molecule has 1 aliphatic heterocycles. The summed E-state index contributed by atoms with van der Waals surface area (Å²) >= 11 is 1.75. The van der Waals surface area contributed by atoms with Crippen molar-refractivity contribution in [3.8, 4) is 0 Å². The maximum atomic E-state index is 5.82. The molecule has 0 atom stereocenters. The lowest BCUT2D eigenvalue weighted by Crippen LogP contribution is -2.39. The second-order valence-corrected chi connectivity index (χ2v) is 6.92. The van der Waals surface area contributed by atoms with Gasteiger partial charge in [-0.25, -0.2) is 4.98 Å². The number of nitrogens with two attached hydrogens (primary N) is 1. The highest BCUT2D eigenvalue weighted by Gasteiger charge is 2.27. The van der Waals surface area contributed by atoms with Crippen LogP contribution in [0.4, 0.5) is 10.8 Å². The fraction of sp³-hybridized carbons (Fsp3) is 0.500. The van der Waals surface area contributed by atoms with Crippen LogP contribution in [0.15, 0.2) is 18.2 Å². The van der Waals surface area contributed by atoms with Gasteiger partial charge >= 0.3 is 0 Å². The van der Waals surface area contributed by atoms with E-state index in [0.29, 0.717) is 5.41 Å². The number of fused-ring (bicyclic) bond motifs is 1. The average molecular weight is 261 g/mol. The molecule has 0 unspecified atom stereocenters. The molecule has 1 aromatic heterocycles. The first-order chi connectivity index (χ1) is 8.53. The van der Waals surface area contributed by atoms with E-state index in [0.717, 1.165) is 29.4 Å².